The first-order chi connectivity index (χ1) is 14.5. The van der Waals surface area contributed by atoms with Gasteiger partial charge < -0.3 is 9.80 Å². The van der Waals surface area contributed by atoms with E-state index in [0.717, 1.165) is 61.9 Å². The van der Waals surface area contributed by atoms with Crippen LogP contribution in [0.15, 0.2) is 23.1 Å². The molecule has 160 valence electrons. The summed E-state index contributed by atoms with van der Waals surface area (Å²) in [5.74, 6) is -1.02. The number of hydrogen-bond donors (Lipinski definition) is 0. The van der Waals surface area contributed by atoms with E-state index in [9.17, 15) is 18.8 Å². The van der Waals surface area contributed by atoms with Gasteiger partial charge in [-0.1, -0.05) is 6.07 Å². The van der Waals surface area contributed by atoms with Gasteiger partial charge in [-0.15, -0.1) is 0 Å². The Morgan fingerprint density at radius 2 is 1.67 bits per heavy atom. The van der Waals surface area contributed by atoms with Gasteiger partial charge in [-0.05, 0) is 74.1 Å². The minimum absolute atomic E-state index is 0.199. The molecule has 3 heterocycles. The number of imide groups is 1. The summed E-state index contributed by atoms with van der Waals surface area (Å²) in [6, 6.07) is 4.90. The second-order valence-electron chi connectivity index (χ2n) is 7.97. The van der Waals surface area contributed by atoms with Gasteiger partial charge in [-0.2, -0.15) is 0 Å². The van der Waals surface area contributed by atoms with Crippen LogP contribution in [0.5, 0.6) is 0 Å². The van der Waals surface area contributed by atoms with Gasteiger partial charge in [0, 0.05) is 26.2 Å². The molecule has 0 radical (unpaired) electrons. The number of rotatable bonds is 4. The predicted octanol–water partition coefficient (Wildman–Crippen LogP) is 3.86. The zero-order valence-electron chi connectivity index (χ0n) is 16.9. The Hall–Kier alpha value is -2.35. The molecule has 4 rings (SSSR count). The number of hydrogen-bond acceptors (Lipinski definition) is 5. The van der Waals surface area contributed by atoms with Crippen molar-refractivity contribution in [3.63, 3.8) is 0 Å². The van der Waals surface area contributed by atoms with Crippen molar-refractivity contribution in [1.29, 1.82) is 0 Å². The van der Waals surface area contributed by atoms with Crippen LogP contribution < -0.4 is 4.90 Å². The zero-order valence-corrected chi connectivity index (χ0v) is 17.8. The third-order valence-corrected chi connectivity index (χ3v) is 6.75. The number of carbonyl (C=O) groups is 3. The second kappa shape index (κ2) is 9.20. The lowest BCUT2D eigenvalue weighted by atomic mass is 10.1. The van der Waals surface area contributed by atoms with Crippen LogP contribution in [0.25, 0.3) is 6.08 Å². The Kier molecular flexibility index (Phi) is 6.41. The number of halogens is 1. The average Bonchev–Trinajstić information content (AvgIpc) is 3.02. The molecule has 6 nitrogen and oxygen atoms in total. The lowest BCUT2D eigenvalue weighted by molar-refractivity contribution is -0.136. The highest BCUT2D eigenvalue weighted by Gasteiger charge is 2.37. The quantitative estimate of drug-likeness (QED) is 0.678. The normalized spacial score (nSPS) is 21.6. The van der Waals surface area contributed by atoms with E-state index >= 15 is 0 Å². The molecule has 8 heteroatoms. The van der Waals surface area contributed by atoms with E-state index in [1.54, 1.807) is 17.0 Å². The number of carbonyl (C=O) groups excluding carboxylic acids is 3. The van der Waals surface area contributed by atoms with Crippen molar-refractivity contribution in [3.05, 3.63) is 34.5 Å². The topological polar surface area (TPSA) is 60.9 Å². The molecule has 1 aromatic carbocycles. The van der Waals surface area contributed by atoms with Crippen molar-refractivity contribution in [1.82, 2.24) is 9.80 Å². The van der Waals surface area contributed by atoms with Crippen molar-refractivity contribution in [2.45, 2.75) is 38.5 Å². The number of nitrogens with zero attached hydrogens (tertiary/aromatic N) is 3. The third-order valence-electron chi connectivity index (χ3n) is 5.84. The van der Waals surface area contributed by atoms with Gasteiger partial charge in [-0.25, -0.2) is 4.39 Å². The van der Waals surface area contributed by atoms with Gasteiger partial charge >= 0.3 is 0 Å². The SMILES string of the molecule is O=C(CN1C(=O)SC(=Cc2ccc(N3CCCCC3)c(F)c2)C1=O)N1CCCCC1. The Labute approximate surface area is 180 Å². The maximum Gasteiger partial charge on any atom is 0.294 e. The Morgan fingerprint density at radius 3 is 2.33 bits per heavy atom. The molecule has 0 bridgehead atoms. The number of likely N-dealkylation sites (tertiary alicyclic amines) is 1. The molecular weight excluding hydrogens is 405 g/mol. The summed E-state index contributed by atoms with van der Waals surface area (Å²) < 4.78 is 14.6. The van der Waals surface area contributed by atoms with Crippen molar-refractivity contribution < 1.29 is 18.8 Å². The van der Waals surface area contributed by atoms with E-state index in [4.69, 9.17) is 0 Å². The highest BCUT2D eigenvalue weighted by Crippen LogP contribution is 2.33. The first kappa shape index (κ1) is 20.9. The van der Waals surface area contributed by atoms with Crippen molar-refractivity contribution >= 4 is 40.6 Å². The second-order valence-corrected chi connectivity index (χ2v) is 8.96. The van der Waals surface area contributed by atoms with Gasteiger partial charge in [-0.3, -0.25) is 19.3 Å². The van der Waals surface area contributed by atoms with Crippen LogP contribution >= 0.6 is 11.8 Å². The van der Waals surface area contributed by atoms with E-state index in [1.807, 2.05) is 4.90 Å². The number of amides is 3. The molecule has 3 fully saturated rings. The summed E-state index contributed by atoms with van der Waals surface area (Å²) in [7, 11) is 0. The molecule has 0 aromatic heterocycles. The lowest BCUT2D eigenvalue weighted by Gasteiger charge is -2.29. The summed E-state index contributed by atoms with van der Waals surface area (Å²) in [4.78, 5) is 42.4. The fourth-order valence-electron chi connectivity index (χ4n) is 4.17. The fraction of sp³-hybridized carbons (Fsp3) is 0.500. The monoisotopic (exact) mass is 431 g/mol. The lowest BCUT2D eigenvalue weighted by Crippen LogP contribution is -2.44. The summed E-state index contributed by atoms with van der Waals surface area (Å²) in [6.45, 7) is 2.81. The van der Waals surface area contributed by atoms with Crippen molar-refractivity contribution in [2.24, 2.45) is 0 Å². The standard InChI is InChI=1S/C22H26FN3O3S/c23-17-13-16(7-8-18(17)24-9-3-1-4-10-24)14-19-21(28)26(22(29)30-19)15-20(27)25-11-5-2-6-12-25/h7-8,13-14H,1-6,9-12,15H2. The fourth-order valence-corrected chi connectivity index (χ4v) is 5.01. The summed E-state index contributed by atoms with van der Waals surface area (Å²) in [5.41, 5.74) is 1.10. The van der Waals surface area contributed by atoms with Crippen LogP contribution in [0.1, 0.15) is 44.1 Å². The molecule has 0 spiro atoms. The molecule has 3 aliphatic rings. The maximum absolute atomic E-state index is 14.6. The molecule has 0 atom stereocenters. The Bertz CT molecular complexity index is 876. The van der Waals surface area contributed by atoms with Gasteiger partial charge in [0.25, 0.3) is 11.1 Å². The Morgan fingerprint density at radius 1 is 1.00 bits per heavy atom. The van der Waals surface area contributed by atoms with E-state index in [2.05, 4.69) is 0 Å². The van der Waals surface area contributed by atoms with Crippen LogP contribution in [-0.4, -0.2) is 59.6 Å². The number of anilines is 1. The van der Waals surface area contributed by atoms with Gasteiger partial charge in [0.05, 0.1) is 10.6 Å². The van der Waals surface area contributed by atoms with Crippen LogP contribution in [0, 0.1) is 5.82 Å². The van der Waals surface area contributed by atoms with E-state index in [1.165, 1.54) is 18.6 Å². The van der Waals surface area contributed by atoms with Crippen LogP contribution in [0.3, 0.4) is 0 Å². The summed E-state index contributed by atoms with van der Waals surface area (Å²) in [5, 5.41) is -0.456. The van der Waals surface area contributed by atoms with Gasteiger partial charge in [0.2, 0.25) is 5.91 Å². The third kappa shape index (κ3) is 4.53. The van der Waals surface area contributed by atoms with Crippen molar-refractivity contribution in [2.75, 3.05) is 37.6 Å². The van der Waals surface area contributed by atoms with Crippen LogP contribution in [-0.2, 0) is 9.59 Å². The van der Waals surface area contributed by atoms with Gasteiger partial charge in [0.15, 0.2) is 0 Å². The predicted molar refractivity (Wildman–Crippen MR) is 116 cm³/mol. The summed E-state index contributed by atoms with van der Waals surface area (Å²) >= 11 is 0.798. The summed E-state index contributed by atoms with van der Waals surface area (Å²) in [6.07, 6.45) is 7.82. The molecule has 3 amide bonds. The first-order valence-corrected chi connectivity index (χ1v) is 11.4. The van der Waals surface area contributed by atoms with Gasteiger partial charge in [0.1, 0.15) is 12.4 Å². The van der Waals surface area contributed by atoms with E-state index in [-0.39, 0.29) is 23.2 Å². The number of benzene rings is 1. The van der Waals surface area contributed by atoms with E-state index in [0.29, 0.717) is 24.3 Å². The highest BCUT2D eigenvalue weighted by atomic mass is 32.2. The maximum atomic E-state index is 14.6. The molecule has 30 heavy (non-hydrogen) atoms. The highest BCUT2D eigenvalue weighted by molar-refractivity contribution is 8.18. The molecule has 0 aliphatic carbocycles. The number of thioether (sulfide) groups is 1. The van der Waals surface area contributed by atoms with Crippen LogP contribution in [0.2, 0.25) is 0 Å². The molecule has 1 aromatic rings. The molecule has 3 aliphatic heterocycles. The minimum atomic E-state index is -0.490. The smallest absolute Gasteiger partial charge is 0.294 e. The first-order valence-electron chi connectivity index (χ1n) is 10.6. The largest absolute Gasteiger partial charge is 0.369 e. The van der Waals surface area contributed by atoms with E-state index < -0.39 is 11.1 Å². The number of piperidine rings is 2. The van der Waals surface area contributed by atoms with Crippen LogP contribution in [0.4, 0.5) is 14.9 Å². The molecule has 0 unspecified atom stereocenters. The molecule has 3 saturated heterocycles. The molecule has 0 saturated carbocycles. The average molecular weight is 432 g/mol. The zero-order chi connectivity index (χ0) is 21.1. The minimum Gasteiger partial charge on any atom is -0.369 e. The molecular formula is C22H26FN3O3S. The molecule has 0 N–H and O–H groups in total. The van der Waals surface area contributed by atoms with Crippen molar-refractivity contribution in [3.8, 4) is 0 Å². The Balaban J connectivity index is 1.45.